The van der Waals surface area contributed by atoms with Crippen LogP contribution >= 0.6 is 11.6 Å². The van der Waals surface area contributed by atoms with Gasteiger partial charge in [-0.05, 0) is 17.4 Å². The number of ketones is 1. The van der Waals surface area contributed by atoms with E-state index in [0.29, 0.717) is 6.42 Å². The van der Waals surface area contributed by atoms with Crippen molar-refractivity contribution in [3.05, 3.63) is 35.9 Å². The standard InChI is InChI=1S/C17H24ClNO3/c1-17(2,3)10-14(9-15(20)11-18)19-16(21)22-12-13-7-5-4-6-8-13/h4-8,14H,9-12H2,1-3H3,(H,19,21). The van der Waals surface area contributed by atoms with E-state index in [1.54, 1.807) is 0 Å². The van der Waals surface area contributed by atoms with Crippen LogP contribution in [0.15, 0.2) is 30.3 Å². The summed E-state index contributed by atoms with van der Waals surface area (Å²) >= 11 is 5.55. The molecule has 0 aliphatic heterocycles. The van der Waals surface area contributed by atoms with E-state index in [4.69, 9.17) is 16.3 Å². The summed E-state index contributed by atoms with van der Waals surface area (Å²) in [7, 11) is 0. The first-order valence-corrected chi connectivity index (χ1v) is 7.88. The molecule has 4 nitrogen and oxygen atoms in total. The van der Waals surface area contributed by atoms with E-state index in [9.17, 15) is 9.59 Å². The van der Waals surface area contributed by atoms with E-state index < -0.39 is 6.09 Å². The average Bonchev–Trinajstić information content (AvgIpc) is 2.44. The van der Waals surface area contributed by atoms with Crippen molar-refractivity contribution in [2.45, 2.75) is 46.3 Å². The zero-order valence-electron chi connectivity index (χ0n) is 13.4. The number of hydrogen-bond donors (Lipinski definition) is 1. The van der Waals surface area contributed by atoms with Crippen molar-refractivity contribution in [1.29, 1.82) is 0 Å². The highest BCUT2D eigenvalue weighted by molar-refractivity contribution is 6.27. The molecule has 0 saturated carbocycles. The van der Waals surface area contributed by atoms with Gasteiger partial charge >= 0.3 is 6.09 Å². The molecule has 122 valence electrons. The Morgan fingerprint density at radius 2 is 1.86 bits per heavy atom. The third kappa shape index (κ3) is 8.03. The third-order valence-electron chi connectivity index (χ3n) is 3.02. The molecular weight excluding hydrogens is 302 g/mol. The minimum atomic E-state index is -0.513. The molecule has 1 aromatic rings. The Morgan fingerprint density at radius 3 is 2.41 bits per heavy atom. The molecule has 22 heavy (non-hydrogen) atoms. The predicted octanol–water partition coefficient (Wildman–Crippen LogP) is 3.92. The van der Waals surface area contributed by atoms with Crippen LogP contribution in [0.4, 0.5) is 4.79 Å². The number of alkyl halides is 1. The van der Waals surface area contributed by atoms with Crippen LogP contribution in [0.2, 0.25) is 0 Å². The summed E-state index contributed by atoms with van der Waals surface area (Å²) in [6.07, 6.45) is 0.387. The number of halogens is 1. The largest absolute Gasteiger partial charge is 0.445 e. The molecule has 0 spiro atoms. The van der Waals surface area contributed by atoms with Gasteiger partial charge in [0.1, 0.15) is 12.4 Å². The Kier molecular flexibility index (Phi) is 7.39. The summed E-state index contributed by atoms with van der Waals surface area (Å²) in [6.45, 7) is 6.38. The van der Waals surface area contributed by atoms with Crippen molar-refractivity contribution >= 4 is 23.5 Å². The second kappa shape index (κ2) is 8.79. The predicted molar refractivity (Wildman–Crippen MR) is 88.0 cm³/mol. The van der Waals surface area contributed by atoms with Crippen molar-refractivity contribution in [3.63, 3.8) is 0 Å². The Bertz CT molecular complexity index is 482. The quantitative estimate of drug-likeness (QED) is 0.773. The fourth-order valence-corrected chi connectivity index (χ4v) is 2.28. The third-order valence-corrected chi connectivity index (χ3v) is 3.31. The molecule has 0 radical (unpaired) electrons. The van der Waals surface area contributed by atoms with Crippen LogP contribution in [0.1, 0.15) is 39.2 Å². The molecule has 1 aromatic carbocycles. The minimum absolute atomic E-state index is 0.00995. The zero-order valence-corrected chi connectivity index (χ0v) is 14.2. The normalized spacial score (nSPS) is 12.5. The van der Waals surface area contributed by atoms with Gasteiger partial charge < -0.3 is 10.1 Å². The van der Waals surface area contributed by atoms with Gasteiger partial charge in [-0.25, -0.2) is 4.79 Å². The highest BCUT2D eigenvalue weighted by atomic mass is 35.5. The molecule has 0 bridgehead atoms. The molecule has 1 rings (SSSR count). The number of amides is 1. The monoisotopic (exact) mass is 325 g/mol. The van der Waals surface area contributed by atoms with E-state index in [0.717, 1.165) is 5.56 Å². The van der Waals surface area contributed by atoms with Crippen LogP contribution in [0.25, 0.3) is 0 Å². The van der Waals surface area contributed by atoms with Crippen molar-refractivity contribution in [2.75, 3.05) is 5.88 Å². The summed E-state index contributed by atoms with van der Waals surface area (Å²) in [6, 6.07) is 9.18. The minimum Gasteiger partial charge on any atom is -0.445 e. The second-order valence-electron chi connectivity index (χ2n) is 6.54. The number of nitrogens with one attached hydrogen (secondary N) is 1. The van der Waals surface area contributed by atoms with E-state index >= 15 is 0 Å². The topological polar surface area (TPSA) is 55.4 Å². The lowest BCUT2D eigenvalue weighted by Crippen LogP contribution is -2.39. The molecular formula is C17H24ClNO3. The maximum Gasteiger partial charge on any atom is 0.407 e. The Hall–Kier alpha value is -1.55. The number of alkyl carbamates (subject to hydrolysis) is 1. The van der Waals surface area contributed by atoms with Crippen molar-refractivity contribution in [1.82, 2.24) is 5.32 Å². The zero-order chi connectivity index (χ0) is 16.6. The first-order valence-electron chi connectivity index (χ1n) is 7.35. The molecule has 1 N–H and O–H groups in total. The fraction of sp³-hybridized carbons (Fsp3) is 0.529. The summed E-state index contributed by atoms with van der Waals surface area (Å²) in [5, 5.41) is 2.77. The molecule has 0 saturated heterocycles. The molecule has 5 heteroatoms. The maximum atomic E-state index is 11.9. The molecule has 0 aromatic heterocycles. The molecule has 0 heterocycles. The van der Waals surface area contributed by atoms with Gasteiger partial charge in [0, 0.05) is 12.5 Å². The first-order chi connectivity index (χ1) is 10.3. The van der Waals surface area contributed by atoms with Gasteiger partial charge in [0.25, 0.3) is 0 Å². The number of ether oxygens (including phenoxy) is 1. The number of carbonyl (C=O) groups excluding carboxylic acids is 2. The second-order valence-corrected chi connectivity index (χ2v) is 6.81. The van der Waals surface area contributed by atoms with Crippen LogP contribution < -0.4 is 5.32 Å². The Balaban J connectivity index is 2.52. The van der Waals surface area contributed by atoms with E-state index in [-0.39, 0.29) is 36.1 Å². The Labute approximate surface area is 137 Å². The fourth-order valence-electron chi connectivity index (χ4n) is 2.17. The van der Waals surface area contributed by atoms with Crippen LogP contribution in [-0.2, 0) is 16.1 Å². The van der Waals surface area contributed by atoms with Crippen molar-refractivity contribution in [2.24, 2.45) is 5.41 Å². The van der Waals surface area contributed by atoms with Crippen LogP contribution in [0.3, 0.4) is 0 Å². The summed E-state index contributed by atoms with van der Waals surface area (Å²) < 4.78 is 5.19. The summed E-state index contributed by atoms with van der Waals surface area (Å²) in [5.74, 6) is -0.124. The van der Waals surface area contributed by atoms with Crippen LogP contribution in [0.5, 0.6) is 0 Å². The van der Waals surface area contributed by atoms with E-state index in [1.165, 1.54) is 0 Å². The SMILES string of the molecule is CC(C)(C)CC(CC(=O)CCl)NC(=O)OCc1ccccc1. The molecule has 1 amide bonds. The average molecular weight is 326 g/mol. The molecule has 0 fully saturated rings. The summed E-state index contributed by atoms with van der Waals surface area (Å²) in [4.78, 5) is 23.4. The van der Waals surface area contributed by atoms with Gasteiger partial charge in [-0.2, -0.15) is 0 Å². The first kappa shape index (κ1) is 18.5. The van der Waals surface area contributed by atoms with Gasteiger partial charge in [0.15, 0.2) is 0 Å². The highest BCUT2D eigenvalue weighted by Crippen LogP contribution is 2.22. The lowest BCUT2D eigenvalue weighted by Gasteiger charge is -2.26. The van der Waals surface area contributed by atoms with Gasteiger partial charge in [0.2, 0.25) is 0 Å². The number of benzene rings is 1. The summed E-state index contributed by atoms with van der Waals surface area (Å²) in [5.41, 5.74) is 0.908. The lowest BCUT2D eigenvalue weighted by molar-refractivity contribution is -0.117. The lowest BCUT2D eigenvalue weighted by atomic mass is 9.86. The number of Topliss-reactive ketones (excluding diaryl/α,β-unsaturated/α-hetero) is 1. The van der Waals surface area contributed by atoms with E-state index in [1.807, 2.05) is 30.3 Å². The number of rotatable bonds is 7. The van der Waals surface area contributed by atoms with Crippen molar-refractivity contribution < 1.29 is 14.3 Å². The molecule has 0 aliphatic carbocycles. The molecule has 1 atom stereocenters. The van der Waals surface area contributed by atoms with Gasteiger partial charge in [-0.3, -0.25) is 4.79 Å². The highest BCUT2D eigenvalue weighted by Gasteiger charge is 2.23. The smallest absolute Gasteiger partial charge is 0.407 e. The Morgan fingerprint density at radius 1 is 1.23 bits per heavy atom. The van der Waals surface area contributed by atoms with Gasteiger partial charge in [-0.15, -0.1) is 11.6 Å². The number of hydrogen-bond acceptors (Lipinski definition) is 3. The van der Waals surface area contributed by atoms with Gasteiger partial charge in [-0.1, -0.05) is 51.1 Å². The van der Waals surface area contributed by atoms with Crippen LogP contribution in [-0.4, -0.2) is 23.8 Å². The maximum absolute atomic E-state index is 11.9. The van der Waals surface area contributed by atoms with Gasteiger partial charge in [0.05, 0.1) is 5.88 Å². The van der Waals surface area contributed by atoms with Crippen LogP contribution in [0, 0.1) is 5.41 Å². The molecule has 0 aliphatic rings. The van der Waals surface area contributed by atoms with E-state index in [2.05, 4.69) is 26.1 Å². The van der Waals surface area contributed by atoms with Crippen molar-refractivity contribution in [3.8, 4) is 0 Å². The molecule has 1 unspecified atom stereocenters. The number of carbonyl (C=O) groups is 2.